The van der Waals surface area contributed by atoms with Crippen LogP contribution in [-0.2, 0) is 9.53 Å². The molecule has 27 heavy (non-hydrogen) atoms. The first-order chi connectivity index (χ1) is 12.8. The van der Waals surface area contributed by atoms with Crippen molar-refractivity contribution < 1.29 is 23.9 Å². The topological polar surface area (TPSA) is 117 Å². The van der Waals surface area contributed by atoms with E-state index in [9.17, 15) is 19.2 Å². The Balaban J connectivity index is 2.34. The van der Waals surface area contributed by atoms with Crippen LogP contribution in [0.5, 0.6) is 0 Å². The lowest BCUT2D eigenvalue weighted by molar-refractivity contribution is -0.129. The summed E-state index contributed by atoms with van der Waals surface area (Å²) in [6, 6.07) is 7.60. The molecule has 2 aromatic rings. The molecular weight excluding hydrogens is 350 g/mol. The number of Topliss-reactive ketones (excluding diaryl/α,β-unsaturated/α-hetero) is 1. The summed E-state index contributed by atoms with van der Waals surface area (Å²) in [6.45, 7) is 4.70. The fraction of sp³-hybridized carbons (Fsp3) is 0.263. The second kappa shape index (κ2) is 8.31. The van der Waals surface area contributed by atoms with Crippen molar-refractivity contribution in [3.8, 4) is 0 Å². The zero-order chi connectivity index (χ0) is 20.1. The molecule has 0 bridgehead atoms. The van der Waals surface area contributed by atoms with Gasteiger partial charge < -0.3 is 15.0 Å². The first-order valence-corrected chi connectivity index (χ1v) is 8.24. The summed E-state index contributed by atoms with van der Waals surface area (Å²) in [5.41, 5.74) is 1.89. The van der Waals surface area contributed by atoms with Crippen molar-refractivity contribution >= 4 is 23.7 Å². The van der Waals surface area contributed by atoms with Crippen molar-refractivity contribution in [3.05, 3.63) is 58.4 Å². The number of urea groups is 1. The minimum atomic E-state index is -1.33. The van der Waals surface area contributed by atoms with Gasteiger partial charge in [0.05, 0.1) is 0 Å². The van der Waals surface area contributed by atoms with Gasteiger partial charge in [-0.25, -0.2) is 9.59 Å². The fourth-order valence-electron chi connectivity index (χ4n) is 2.79. The van der Waals surface area contributed by atoms with Crippen LogP contribution in [-0.4, -0.2) is 35.7 Å². The summed E-state index contributed by atoms with van der Waals surface area (Å²) in [7, 11) is 1.36. The third kappa shape index (κ3) is 4.41. The molecule has 0 aliphatic rings. The second-order valence-corrected chi connectivity index (χ2v) is 5.95. The van der Waals surface area contributed by atoms with Crippen LogP contribution < -0.4 is 10.6 Å². The number of carbonyl (C=O) groups is 4. The monoisotopic (exact) mass is 371 g/mol. The molecule has 1 unspecified atom stereocenters. The Morgan fingerprint density at radius 1 is 1.07 bits per heavy atom. The van der Waals surface area contributed by atoms with Gasteiger partial charge in [0.1, 0.15) is 5.69 Å². The summed E-state index contributed by atoms with van der Waals surface area (Å²) in [6.07, 6.45) is -1.33. The Morgan fingerprint density at radius 3 is 2.22 bits per heavy atom. The summed E-state index contributed by atoms with van der Waals surface area (Å²) < 4.78 is 5.39. The van der Waals surface area contributed by atoms with Crippen LogP contribution in [0.25, 0.3) is 0 Å². The SMILES string of the molecule is CNC(=O)NC(=O)C(OC(=O)c1[nH]c(C)c(C(C)=O)c1C)c1ccccc1. The molecule has 8 nitrogen and oxygen atoms in total. The van der Waals surface area contributed by atoms with Crippen LogP contribution in [0.1, 0.15) is 50.7 Å². The molecule has 3 N–H and O–H groups in total. The highest BCUT2D eigenvalue weighted by Gasteiger charge is 2.29. The van der Waals surface area contributed by atoms with Gasteiger partial charge in [0.2, 0.25) is 6.10 Å². The molecule has 3 amide bonds. The molecule has 2 rings (SSSR count). The summed E-state index contributed by atoms with van der Waals surface area (Å²) >= 11 is 0. The van der Waals surface area contributed by atoms with Crippen LogP contribution in [0, 0.1) is 13.8 Å². The maximum atomic E-state index is 12.7. The van der Waals surface area contributed by atoms with E-state index in [1.54, 1.807) is 44.2 Å². The van der Waals surface area contributed by atoms with Gasteiger partial charge in [-0.3, -0.25) is 14.9 Å². The number of amides is 3. The number of nitrogens with one attached hydrogen (secondary N) is 3. The number of ether oxygens (including phenoxy) is 1. The Hall–Kier alpha value is -3.42. The van der Waals surface area contributed by atoms with E-state index in [1.807, 2.05) is 0 Å². The van der Waals surface area contributed by atoms with Crippen LogP contribution in [0.4, 0.5) is 4.79 Å². The first kappa shape index (κ1) is 19.9. The molecule has 0 radical (unpaired) electrons. The predicted octanol–water partition coefficient (Wildman–Crippen LogP) is 2.19. The number of benzene rings is 1. The Bertz CT molecular complexity index is 886. The van der Waals surface area contributed by atoms with E-state index in [-0.39, 0.29) is 11.5 Å². The molecule has 1 heterocycles. The van der Waals surface area contributed by atoms with Gasteiger partial charge in [0.15, 0.2) is 5.78 Å². The predicted molar refractivity (Wildman–Crippen MR) is 97.5 cm³/mol. The number of hydrogen-bond donors (Lipinski definition) is 3. The van der Waals surface area contributed by atoms with E-state index in [0.29, 0.717) is 22.4 Å². The third-order valence-electron chi connectivity index (χ3n) is 4.02. The van der Waals surface area contributed by atoms with E-state index in [0.717, 1.165) is 0 Å². The van der Waals surface area contributed by atoms with E-state index in [1.165, 1.54) is 14.0 Å². The Kier molecular flexibility index (Phi) is 6.12. The Morgan fingerprint density at radius 2 is 1.70 bits per heavy atom. The molecular formula is C19H21N3O5. The number of carbonyl (C=O) groups excluding carboxylic acids is 4. The van der Waals surface area contributed by atoms with Gasteiger partial charge in [-0.05, 0) is 26.3 Å². The molecule has 0 aliphatic carbocycles. The highest BCUT2D eigenvalue weighted by atomic mass is 16.5. The van der Waals surface area contributed by atoms with Gasteiger partial charge in [0, 0.05) is 23.9 Å². The number of hydrogen-bond acceptors (Lipinski definition) is 5. The van der Waals surface area contributed by atoms with Crippen molar-refractivity contribution in [2.75, 3.05) is 7.05 Å². The second-order valence-electron chi connectivity index (χ2n) is 5.95. The highest BCUT2D eigenvalue weighted by Crippen LogP contribution is 2.23. The molecule has 1 aromatic heterocycles. The molecule has 1 atom stereocenters. The number of aryl methyl sites for hydroxylation is 1. The normalized spacial score (nSPS) is 11.4. The van der Waals surface area contributed by atoms with E-state index in [2.05, 4.69) is 15.6 Å². The Labute approximate surface area is 156 Å². The standard InChI is InChI=1S/C19H21N3O5/c1-10-14(12(3)23)11(2)21-15(10)18(25)27-16(13-8-6-5-7-9-13)17(24)22-19(26)20-4/h5-9,16,21H,1-4H3,(H2,20,22,24,26). The number of H-pyrrole nitrogens is 1. The van der Waals surface area contributed by atoms with Crippen molar-refractivity contribution in [3.63, 3.8) is 0 Å². The van der Waals surface area contributed by atoms with Crippen molar-refractivity contribution in [1.29, 1.82) is 0 Å². The van der Waals surface area contributed by atoms with Crippen molar-refractivity contribution in [2.45, 2.75) is 26.9 Å². The molecule has 0 fully saturated rings. The lowest BCUT2D eigenvalue weighted by atomic mass is 10.1. The van der Waals surface area contributed by atoms with E-state index < -0.39 is 24.0 Å². The maximum absolute atomic E-state index is 12.7. The number of ketones is 1. The van der Waals surface area contributed by atoms with Gasteiger partial charge in [-0.15, -0.1) is 0 Å². The molecule has 0 saturated heterocycles. The lowest BCUT2D eigenvalue weighted by Crippen LogP contribution is -2.41. The third-order valence-corrected chi connectivity index (χ3v) is 4.02. The smallest absolute Gasteiger partial charge is 0.356 e. The molecule has 0 aliphatic heterocycles. The number of rotatable bonds is 5. The minimum absolute atomic E-state index is 0.0892. The molecule has 142 valence electrons. The molecule has 8 heteroatoms. The van der Waals surface area contributed by atoms with Gasteiger partial charge >= 0.3 is 12.0 Å². The van der Waals surface area contributed by atoms with Gasteiger partial charge in [-0.1, -0.05) is 30.3 Å². The number of aromatic nitrogens is 1. The number of imide groups is 1. The zero-order valence-electron chi connectivity index (χ0n) is 15.5. The number of aromatic amines is 1. The fourth-order valence-corrected chi connectivity index (χ4v) is 2.79. The maximum Gasteiger partial charge on any atom is 0.356 e. The van der Waals surface area contributed by atoms with Crippen molar-refractivity contribution in [2.24, 2.45) is 0 Å². The first-order valence-electron chi connectivity index (χ1n) is 8.24. The van der Waals surface area contributed by atoms with Crippen LogP contribution >= 0.6 is 0 Å². The van der Waals surface area contributed by atoms with Crippen molar-refractivity contribution in [1.82, 2.24) is 15.6 Å². The number of esters is 1. The average molecular weight is 371 g/mol. The van der Waals surface area contributed by atoms with Gasteiger partial charge in [-0.2, -0.15) is 0 Å². The molecule has 0 spiro atoms. The molecule has 1 aromatic carbocycles. The minimum Gasteiger partial charge on any atom is -0.443 e. The average Bonchev–Trinajstić information content (AvgIpc) is 2.94. The largest absolute Gasteiger partial charge is 0.443 e. The van der Waals surface area contributed by atoms with Crippen LogP contribution in [0.2, 0.25) is 0 Å². The van der Waals surface area contributed by atoms with Crippen LogP contribution in [0.15, 0.2) is 30.3 Å². The van der Waals surface area contributed by atoms with Crippen LogP contribution in [0.3, 0.4) is 0 Å². The van der Waals surface area contributed by atoms with Gasteiger partial charge in [0.25, 0.3) is 5.91 Å². The van der Waals surface area contributed by atoms with E-state index >= 15 is 0 Å². The molecule has 0 saturated carbocycles. The zero-order valence-corrected chi connectivity index (χ0v) is 15.5. The summed E-state index contributed by atoms with van der Waals surface area (Å²) in [5, 5.41) is 4.37. The quantitative estimate of drug-likeness (QED) is 0.550. The van der Waals surface area contributed by atoms with E-state index in [4.69, 9.17) is 4.74 Å². The summed E-state index contributed by atoms with van der Waals surface area (Å²) in [5.74, 6) is -1.78. The highest BCUT2D eigenvalue weighted by molar-refractivity contribution is 6.02. The summed E-state index contributed by atoms with van der Waals surface area (Å²) in [4.78, 5) is 51.1. The lowest BCUT2D eigenvalue weighted by Gasteiger charge is -2.17.